The van der Waals surface area contributed by atoms with Crippen LogP contribution in [0.2, 0.25) is 0 Å². The maximum absolute atomic E-state index is 13.3. The fraction of sp³-hybridized carbons (Fsp3) is 0.333. The highest BCUT2D eigenvalue weighted by Crippen LogP contribution is 2.30. The molecule has 1 amide bonds. The Kier molecular flexibility index (Phi) is 5.76. The zero-order valence-electron chi connectivity index (χ0n) is 17.0. The number of nitrogens with zero attached hydrogens (tertiary/aromatic N) is 2. The van der Waals surface area contributed by atoms with E-state index in [1.54, 1.807) is 6.20 Å². The number of carbonyl (C=O) groups excluding carboxylic acids is 1. The molecule has 1 atom stereocenters. The average molecular weight is 389 g/mol. The number of carbonyl (C=O) groups is 1. The average Bonchev–Trinajstić information content (AvgIpc) is 3.24. The SMILES string of the molecule is CNCC1CCCN(C(=O)c2ccccc2-c2ncc(-c3ccc(C)cc3)o2)C1. The molecule has 2 aromatic carbocycles. The van der Waals surface area contributed by atoms with Crippen molar-refractivity contribution in [2.45, 2.75) is 19.8 Å². The largest absolute Gasteiger partial charge is 0.436 e. The van der Waals surface area contributed by atoms with Gasteiger partial charge in [-0.2, -0.15) is 0 Å². The first-order valence-electron chi connectivity index (χ1n) is 10.2. The van der Waals surface area contributed by atoms with Crippen LogP contribution in [0.25, 0.3) is 22.8 Å². The molecule has 2 heterocycles. The Morgan fingerprint density at radius 3 is 2.79 bits per heavy atom. The molecule has 150 valence electrons. The molecule has 3 aromatic rings. The molecule has 29 heavy (non-hydrogen) atoms. The van der Waals surface area contributed by atoms with Crippen molar-refractivity contribution < 1.29 is 9.21 Å². The first kappa shape index (κ1) is 19.4. The molecule has 1 aliphatic rings. The topological polar surface area (TPSA) is 58.4 Å². The van der Waals surface area contributed by atoms with Crippen molar-refractivity contribution in [2.24, 2.45) is 5.92 Å². The van der Waals surface area contributed by atoms with Crippen molar-refractivity contribution in [1.82, 2.24) is 15.2 Å². The van der Waals surface area contributed by atoms with Crippen molar-refractivity contribution in [3.8, 4) is 22.8 Å². The highest BCUT2D eigenvalue weighted by atomic mass is 16.4. The lowest BCUT2D eigenvalue weighted by Gasteiger charge is -2.33. The van der Waals surface area contributed by atoms with E-state index in [2.05, 4.69) is 17.2 Å². The summed E-state index contributed by atoms with van der Waals surface area (Å²) in [6, 6.07) is 15.7. The summed E-state index contributed by atoms with van der Waals surface area (Å²) in [4.78, 5) is 19.7. The molecule has 1 aromatic heterocycles. The zero-order valence-corrected chi connectivity index (χ0v) is 17.0. The van der Waals surface area contributed by atoms with Gasteiger partial charge in [-0.25, -0.2) is 4.98 Å². The highest BCUT2D eigenvalue weighted by molar-refractivity contribution is 6.00. The Morgan fingerprint density at radius 2 is 2.00 bits per heavy atom. The van der Waals surface area contributed by atoms with Gasteiger partial charge in [-0.15, -0.1) is 0 Å². The van der Waals surface area contributed by atoms with Gasteiger partial charge in [0.25, 0.3) is 5.91 Å². The van der Waals surface area contributed by atoms with Crippen molar-refractivity contribution in [1.29, 1.82) is 0 Å². The quantitative estimate of drug-likeness (QED) is 0.703. The lowest BCUT2D eigenvalue weighted by Crippen LogP contribution is -2.42. The number of rotatable bonds is 5. The number of aromatic nitrogens is 1. The summed E-state index contributed by atoms with van der Waals surface area (Å²) in [5.74, 6) is 1.74. The second-order valence-corrected chi connectivity index (χ2v) is 7.76. The number of benzene rings is 2. The van der Waals surface area contributed by atoms with Crippen LogP contribution in [-0.2, 0) is 0 Å². The number of hydrogen-bond acceptors (Lipinski definition) is 4. The first-order chi connectivity index (χ1) is 14.2. The maximum atomic E-state index is 13.3. The lowest BCUT2D eigenvalue weighted by molar-refractivity contribution is 0.0675. The maximum Gasteiger partial charge on any atom is 0.254 e. The summed E-state index contributed by atoms with van der Waals surface area (Å²) < 4.78 is 6.04. The van der Waals surface area contributed by atoms with Crippen LogP contribution in [0.1, 0.15) is 28.8 Å². The third-order valence-corrected chi connectivity index (χ3v) is 5.53. The smallest absolute Gasteiger partial charge is 0.254 e. The fourth-order valence-electron chi connectivity index (χ4n) is 3.98. The molecule has 1 aliphatic heterocycles. The molecule has 0 bridgehead atoms. The second kappa shape index (κ2) is 8.62. The number of amides is 1. The molecule has 5 nitrogen and oxygen atoms in total. The van der Waals surface area contributed by atoms with Gasteiger partial charge in [-0.3, -0.25) is 4.79 Å². The van der Waals surface area contributed by atoms with Gasteiger partial charge in [-0.1, -0.05) is 42.0 Å². The van der Waals surface area contributed by atoms with E-state index in [4.69, 9.17) is 4.42 Å². The third kappa shape index (κ3) is 4.25. The van der Waals surface area contributed by atoms with Gasteiger partial charge in [0.15, 0.2) is 5.76 Å². The Hall–Kier alpha value is -2.92. The lowest BCUT2D eigenvalue weighted by atomic mass is 9.96. The van der Waals surface area contributed by atoms with E-state index in [0.29, 0.717) is 23.1 Å². The number of likely N-dealkylation sites (tertiary alicyclic amines) is 1. The normalized spacial score (nSPS) is 16.8. The van der Waals surface area contributed by atoms with Crippen LogP contribution in [0, 0.1) is 12.8 Å². The Bertz CT molecular complexity index is 976. The van der Waals surface area contributed by atoms with E-state index in [-0.39, 0.29) is 5.91 Å². The van der Waals surface area contributed by atoms with Crippen LogP contribution in [-0.4, -0.2) is 42.5 Å². The summed E-state index contributed by atoms with van der Waals surface area (Å²) in [7, 11) is 1.96. The summed E-state index contributed by atoms with van der Waals surface area (Å²) in [5.41, 5.74) is 3.56. The van der Waals surface area contributed by atoms with E-state index < -0.39 is 0 Å². The summed E-state index contributed by atoms with van der Waals surface area (Å²) in [6.45, 7) is 4.58. The van der Waals surface area contributed by atoms with Crippen LogP contribution >= 0.6 is 0 Å². The van der Waals surface area contributed by atoms with Crippen molar-refractivity contribution in [3.63, 3.8) is 0 Å². The second-order valence-electron chi connectivity index (χ2n) is 7.76. The number of hydrogen-bond donors (Lipinski definition) is 1. The number of piperidine rings is 1. The van der Waals surface area contributed by atoms with Gasteiger partial charge in [0, 0.05) is 24.2 Å². The monoisotopic (exact) mass is 389 g/mol. The molecule has 0 aliphatic carbocycles. The van der Waals surface area contributed by atoms with E-state index in [0.717, 1.165) is 43.6 Å². The summed E-state index contributed by atoms with van der Waals surface area (Å²) >= 11 is 0. The molecule has 1 N–H and O–H groups in total. The summed E-state index contributed by atoms with van der Waals surface area (Å²) in [6.07, 6.45) is 3.92. The van der Waals surface area contributed by atoms with Crippen molar-refractivity contribution in [3.05, 3.63) is 65.9 Å². The van der Waals surface area contributed by atoms with Gasteiger partial charge in [0.05, 0.1) is 11.8 Å². The van der Waals surface area contributed by atoms with E-state index in [9.17, 15) is 4.79 Å². The molecule has 1 saturated heterocycles. The van der Waals surface area contributed by atoms with Crippen LogP contribution in [0.4, 0.5) is 0 Å². The molecule has 1 unspecified atom stereocenters. The molecule has 0 radical (unpaired) electrons. The van der Waals surface area contributed by atoms with E-state index >= 15 is 0 Å². The predicted molar refractivity (Wildman–Crippen MR) is 115 cm³/mol. The van der Waals surface area contributed by atoms with Crippen LogP contribution in [0.15, 0.2) is 59.1 Å². The summed E-state index contributed by atoms with van der Waals surface area (Å²) in [5, 5.41) is 3.23. The van der Waals surface area contributed by atoms with Crippen molar-refractivity contribution >= 4 is 5.91 Å². The fourth-order valence-corrected chi connectivity index (χ4v) is 3.98. The minimum atomic E-state index is 0.0523. The Balaban J connectivity index is 1.60. The molecule has 5 heteroatoms. The molecular weight excluding hydrogens is 362 g/mol. The van der Waals surface area contributed by atoms with E-state index in [1.165, 1.54) is 5.56 Å². The van der Waals surface area contributed by atoms with Gasteiger partial charge in [-0.05, 0) is 51.4 Å². The number of nitrogens with one attached hydrogen (secondary N) is 1. The van der Waals surface area contributed by atoms with Crippen LogP contribution in [0.5, 0.6) is 0 Å². The van der Waals surface area contributed by atoms with Gasteiger partial charge < -0.3 is 14.6 Å². The Morgan fingerprint density at radius 1 is 1.21 bits per heavy atom. The number of oxazole rings is 1. The standard InChI is InChI=1S/C24H27N3O2/c1-17-9-11-19(12-10-17)22-15-26-23(29-22)20-7-3-4-8-21(20)24(28)27-13-5-6-18(16-27)14-25-2/h3-4,7-12,15,18,25H,5-6,13-14,16H2,1-2H3. The minimum absolute atomic E-state index is 0.0523. The molecule has 0 saturated carbocycles. The minimum Gasteiger partial charge on any atom is -0.436 e. The molecule has 1 fully saturated rings. The van der Waals surface area contributed by atoms with Gasteiger partial charge in [0.1, 0.15) is 0 Å². The first-order valence-corrected chi connectivity index (χ1v) is 10.2. The van der Waals surface area contributed by atoms with Crippen LogP contribution < -0.4 is 5.32 Å². The number of aryl methyl sites for hydroxylation is 1. The predicted octanol–water partition coefficient (Wildman–Crippen LogP) is 4.39. The Labute approximate surface area is 171 Å². The van der Waals surface area contributed by atoms with Crippen LogP contribution in [0.3, 0.4) is 0 Å². The van der Waals surface area contributed by atoms with Crippen molar-refractivity contribution in [2.75, 3.05) is 26.7 Å². The van der Waals surface area contributed by atoms with E-state index in [1.807, 2.05) is 60.5 Å². The molecule has 4 rings (SSSR count). The van der Waals surface area contributed by atoms with Gasteiger partial charge in [0.2, 0.25) is 5.89 Å². The van der Waals surface area contributed by atoms with Gasteiger partial charge >= 0.3 is 0 Å². The zero-order chi connectivity index (χ0) is 20.2. The molecule has 0 spiro atoms. The highest BCUT2D eigenvalue weighted by Gasteiger charge is 2.26. The molecular formula is C24H27N3O2. The third-order valence-electron chi connectivity index (χ3n) is 5.53.